The molecule has 26 heavy (non-hydrogen) atoms. The smallest absolute Gasteiger partial charge is 0.310 e. The van der Waals surface area contributed by atoms with E-state index in [4.69, 9.17) is 4.74 Å². The Kier molecular flexibility index (Phi) is 5.26. The summed E-state index contributed by atoms with van der Waals surface area (Å²) in [6.07, 6.45) is 0.121. The highest BCUT2D eigenvalue weighted by Crippen LogP contribution is 2.27. The maximum Gasteiger partial charge on any atom is 0.310 e. The van der Waals surface area contributed by atoms with Crippen LogP contribution in [0.2, 0.25) is 0 Å². The van der Waals surface area contributed by atoms with E-state index in [-0.39, 0.29) is 18.1 Å². The molecule has 0 saturated carbocycles. The van der Waals surface area contributed by atoms with Gasteiger partial charge >= 0.3 is 5.97 Å². The molecule has 0 bridgehead atoms. The summed E-state index contributed by atoms with van der Waals surface area (Å²) < 4.78 is 7.10. The van der Waals surface area contributed by atoms with Crippen LogP contribution in [0.5, 0.6) is 0 Å². The van der Waals surface area contributed by atoms with Crippen molar-refractivity contribution >= 4 is 34.2 Å². The number of carbonyl (C=O) groups is 1. The van der Waals surface area contributed by atoms with Gasteiger partial charge in [-0.1, -0.05) is 23.4 Å². The van der Waals surface area contributed by atoms with Gasteiger partial charge in [-0.05, 0) is 46.4 Å². The van der Waals surface area contributed by atoms with Gasteiger partial charge in [-0.25, -0.2) is 4.68 Å². The Hall–Kier alpha value is -2.82. The van der Waals surface area contributed by atoms with Crippen LogP contribution in [0.4, 0.5) is 5.69 Å². The number of methoxy groups -OCH3 is 1. The van der Waals surface area contributed by atoms with Crippen molar-refractivity contribution < 1.29 is 14.5 Å². The Morgan fingerprint density at radius 3 is 2.58 bits per heavy atom. The van der Waals surface area contributed by atoms with E-state index in [1.807, 2.05) is 24.3 Å². The first-order valence-electron chi connectivity index (χ1n) is 7.52. The fourth-order valence-corrected chi connectivity index (χ4v) is 3.21. The molecule has 0 N–H and O–H groups in total. The highest BCUT2D eigenvalue weighted by atomic mass is 127. The summed E-state index contributed by atoms with van der Waals surface area (Å²) in [5, 5.41) is 19.2. The Balaban J connectivity index is 2.00. The second-order valence-electron chi connectivity index (χ2n) is 5.33. The first-order chi connectivity index (χ1) is 12.5. The zero-order valence-corrected chi connectivity index (χ0v) is 15.8. The van der Waals surface area contributed by atoms with E-state index in [0.717, 1.165) is 20.5 Å². The molecule has 0 spiro atoms. The zero-order valence-electron chi connectivity index (χ0n) is 13.6. The summed E-state index contributed by atoms with van der Waals surface area (Å²) in [5.74, 6) is -0.344. The van der Waals surface area contributed by atoms with Crippen molar-refractivity contribution in [2.45, 2.75) is 6.42 Å². The predicted octanol–water partition coefficient (Wildman–Crippen LogP) is 3.16. The number of para-hydroxylation sites is 1. The normalized spacial score (nSPS) is 10.5. The van der Waals surface area contributed by atoms with Gasteiger partial charge in [-0.3, -0.25) is 14.9 Å². The lowest BCUT2D eigenvalue weighted by Gasteiger charge is -2.09. The van der Waals surface area contributed by atoms with Crippen LogP contribution in [0.15, 0.2) is 48.5 Å². The van der Waals surface area contributed by atoms with Gasteiger partial charge in [-0.15, -0.1) is 5.10 Å². The Labute approximate surface area is 162 Å². The molecule has 0 saturated heterocycles. The van der Waals surface area contributed by atoms with Gasteiger partial charge in [0.1, 0.15) is 9.39 Å². The summed E-state index contributed by atoms with van der Waals surface area (Å²) >= 11 is 2.11. The summed E-state index contributed by atoms with van der Waals surface area (Å²) in [6.45, 7) is 0. The van der Waals surface area contributed by atoms with Gasteiger partial charge < -0.3 is 4.74 Å². The van der Waals surface area contributed by atoms with Crippen LogP contribution in [0, 0.1) is 13.8 Å². The lowest BCUT2D eigenvalue weighted by Crippen LogP contribution is -2.09. The van der Waals surface area contributed by atoms with Gasteiger partial charge in [0, 0.05) is 17.7 Å². The fraction of sp³-hybridized carbons (Fsp3) is 0.118. The van der Waals surface area contributed by atoms with Crippen LogP contribution in [0.25, 0.3) is 16.9 Å². The van der Waals surface area contributed by atoms with E-state index in [1.165, 1.54) is 19.2 Å². The van der Waals surface area contributed by atoms with E-state index >= 15 is 0 Å². The van der Waals surface area contributed by atoms with Crippen LogP contribution >= 0.6 is 22.6 Å². The Morgan fingerprint density at radius 1 is 1.23 bits per heavy atom. The first-order valence-corrected chi connectivity index (χ1v) is 8.60. The minimum Gasteiger partial charge on any atom is -0.469 e. The lowest BCUT2D eigenvalue weighted by atomic mass is 10.1. The van der Waals surface area contributed by atoms with E-state index in [0.29, 0.717) is 5.69 Å². The minimum absolute atomic E-state index is 0.0135. The zero-order chi connectivity index (χ0) is 18.7. The van der Waals surface area contributed by atoms with Crippen molar-refractivity contribution in [2.75, 3.05) is 7.11 Å². The van der Waals surface area contributed by atoms with Gasteiger partial charge in [0.05, 0.1) is 24.1 Å². The SMILES string of the molecule is COC(=O)Cc1ccccc1-n1nnc(-c2ccc([N+](=O)[O-])cc2)c1I. The van der Waals surface area contributed by atoms with Crippen LogP contribution in [-0.4, -0.2) is 33.0 Å². The summed E-state index contributed by atoms with van der Waals surface area (Å²) in [4.78, 5) is 22.0. The Morgan fingerprint density at radius 2 is 1.92 bits per heavy atom. The molecule has 0 aliphatic rings. The number of nitro benzene ring substituents is 1. The number of aromatic nitrogens is 3. The van der Waals surface area contributed by atoms with Crippen molar-refractivity contribution in [2.24, 2.45) is 0 Å². The summed E-state index contributed by atoms with van der Waals surface area (Å²) in [7, 11) is 1.34. The number of esters is 1. The monoisotopic (exact) mass is 464 g/mol. The third-order valence-electron chi connectivity index (χ3n) is 3.75. The molecular formula is C17H13IN4O4. The van der Waals surface area contributed by atoms with Crippen LogP contribution in [0.1, 0.15) is 5.56 Å². The molecule has 9 heteroatoms. The molecule has 8 nitrogen and oxygen atoms in total. The number of rotatable bonds is 5. The molecule has 0 amide bonds. The van der Waals surface area contributed by atoms with Gasteiger partial charge in [0.15, 0.2) is 0 Å². The third kappa shape index (κ3) is 3.57. The van der Waals surface area contributed by atoms with Crippen molar-refractivity contribution in [3.05, 3.63) is 67.9 Å². The molecule has 0 unspecified atom stereocenters. The topological polar surface area (TPSA) is 100 Å². The highest BCUT2D eigenvalue weighted by molar-refractivity contribution is 14.1. The third-order valence-corrected chi connectivity index (χ3v) is 4.72. The van der Waals surface area contributed by atoms with Crippen LogP contribution < -0.4 is 0 Å². The van der Waals surface area contributed by atoms with Crippen molar-refractivity contribution in [3.63, 3.8) is 0 Å². The Bertz CT molecular complexity index is 969. The van der Waals surface area contributed by atoms with Crippen LogP contribution in [-0.2, 0) is 16.0 Å². The standard InChI is InChI=1S/C17H13IN4O4/c1-26-15(23)10-12-4-2-3-5-14(12)21-17(18)16(19-20-21)11-6-8-13(9-7-11)22(24)25/h2-9H,10H2,1H3. The van der Waals surface area contributed by atoms with E-state index in [1.54, 1.807) is 16.8 Å². The summed E-state index contributed by atoms with van der Waals surface area (Å²) in [6, 6.07) is 13.5. The van der Waals surface area contributed by atoms with Crippen molar-refractivity contribution in [3.8, 4) is 16.9 Å². The van der Waals surface area contributed by atoms with Crippen LogP contribution in [0.3, 0.4) is 0 Å². The average molecular weight is 464 g/mol. The van der Waals surface area contributed by atoms with Gasteiger partial charge in [0.2, 0.25) is 0 Å². The number of hydrogen-bond donors (Lipinski definition) is 0. The fourth-order valence-electron chi connectivity index (χ4n) is 2.44. The molecule has 2 aromatic carbocycles. The predicted molar refractivity (Wildman–Crippen MR) is 102 cm³/mol. The van der Waals surface area contributed by atoms with E-state index in [2.05, 4.69) is 32.9 Å². The molecule has 1 heterocycles. The number of hydrogen-bond acceptors (Lipinski definition) is 6. The van der Waals surface area contributed by atoms with E-state index in [9.17, 15) is 14.9 Å². The molecule has 3 rings (SSSR count). The largest absolute Gasteiger partial charge is 0.469 e. The number of ether oxygens (including phenoxy) is 1. The summed E-state index contributed by atoms with van der Waals surface area (Å²) in [5.41, 5.74) is 2.82. The highest BCUT2D eigenvalue weighted by Gasteiger charge is 2.17. The maximum absolute atomic E-state index is 11.6. The second-order valence-corrected chi connectivity index (χ2v) is 6.35. The maximum atomic E-state index is 11.6. The molecule has 132 valence electrons. The number of benzene rings is 2. The number of nitro groups is 1. The number of non-ortho nitro benzene ring substituents is 1. The quantitative estimate of drug-likeness (QED) is 0.249. The molecule has 0 fully saturated rings. The minimum atomic E-state index is -0.450. The van der Waals surface area contributed by atoms with Crippen molar-refractivity contribution in [1.29, 1.82) is 0 Å². The molecule has 0 atom stereocenters. The van der Waals surface area contributed by atoms with Crippen molar-refractivity contribution in [1.82, 2.24) is 15.0 Å². The molecular weight excluding hydrogens is 451 g/mol. The van der Waals surface area contributed by atoms with Gasteiger partial charge in [-0.2, -0.15) is 0 Å². The lowest BCUT2D eigenvalue weighted by molar-refractivity contribution is -0.384. The second kappa shape index (κ2) is 7.60. The molecule has 0 radical (unpaired) electrons. The number of carbonyl (C=O) groups excluding carboxylic acids is 1. The van der Waals surface area contributed by atoms with E-state index < -0.39 is 4.92 Å². The first kappa shape index (κ1) is 18.0. The van der Waals surface area contributed by atoms with Gasteiger partial charge in [0.25, 0.3) is 5.69 Å². The molecule has 0 aliphatic carbocycles. The average Bonchev–Trinajstić information content (AvgIpc) is 3.03. The number of nitrogens with zero attached hydrogens (tertiary/aromatic N) is 4. The molecule has 0 aliphatic heterocycles. The number of halogens is 1. The molecule has 3 aromatic rings. The molecule has 1 aromatic heterocycles.